The van der Waals surface area contributed by atoms with Crippen molar-refractivity contribution in [2.75, 3.05) is 7.05 Å². The van der Waals surface area contributed by atoms with Crippen molar-refractivity contribution in [3.05, 3.63) is 69.7 Å². The molecule has 0 aliphatic carbocycles. The Morgan fingerprint density at radius 2 is 1.74 bits per heavy atom. The fourth-order valence-corrected chi connectivity index (χ4v) is 2.71. The Labute approximate surface area is 120 Å². The normalized spacial score (nSPS) is 12.4. The van der Waals surface area contributed by atoms with Crippen molar-refractivity contribution in [1.82, 2.24) is 5.32 Å². The number of aryl methyl sites for hydroxylation is 2. The third-order valence-electron chi connectivity index (χ3n) is 3.32. The van der Waals surface area contributed by atoms with Gasteiger partial charge in [-0.15, -0.1) is 0 Å². The van der Waals surface area contributed by atoms with Gasteiger partial charge in [-0.05, 0) is 50.6 Å². The van der Waals surface area contributed by atoms with E-state index < -0.39 is 0 Å². The third-order valence-corrected chi connectivity index (χ3v) is 3.56. The molecule has 1 unspecified atom stereocenters. The standard InChI is InChI=1S/C17H20ClN/c1-12-7-13(2)9-15(8-12)17(19-3)11-14-5-4-6-16(18)10-14/h4-10,17,19H,11H2,1-3H3. The third kappa shape index (κ3) is 3.82. The van der Waals surface area contributed by atoms with Crippen molar-refractivity contribution < 1.29 is 0 Å². The molecule has 1 atom stereocenters. The molecule has 0 fully saturated rings. The molecule has 0 spiro atoms. The lowest BCUT2D eigenvalue weighted by molar-refractivity contribution is 0.591. The maximum atomic E-state index is 6.05. The Balaban J connectivity index is 2.24. The number of halogens is 1. The van der Waals surface area contributed by atoms with Gasteiger partial charge in [-0.2, -0.15) is 0 Å². The van der Waals surface area contributed by atoms with Crippen LogP contribution in [-0.4, -0.2) is 7.05 Å². The topological polar surface area (TPSA) is 12.0 Å². The summed E-state index contributed by atoms with van der Waals surface area (Å²) in [6, 6.07) is 15.1. The number of hydrogen-bond acceptors (Lipinski definition) is 1. The lowest BCUT2D eigenvalue weighted by Crippen LogP contribution is -2.19. The highest BCUT2D eigenvalue weighted by Crippen LogP contribution is 2.22. The minimum atomic E-state index is 0.317. The monoisotopic (exact) mass is 273 g/mol. The van der Waals surface area contributed by atoms with Crippen molar-refractivity contribution in [2.45, 2.75) is 26.3 Å². The molecule has 19 heavy (non-hydrogen) atoms. The summed E-state index contributed by atoms with van der Waals surface area (Å²) in [5, 5.41) is 4.20. The van der Waals surface area contributed by atoms with Crippen LogP contribution >= 0.6 is 11.6 Å². The van der Waals surface area contributed by atoms with Gasteiger partial charge in [0.25, 0.3) is 0 Å². The highest BCUT2D eigenvalue weighted by molar-refractivity contribution is 6.30. The lowest BCUT2D eigenvalue weighted by Gasteiger charge is -2.18. The predicted octanol–water partition coefficient (Wildman–Crippen LogP) is 4.46. The van der Waals surface area contributed by atoms with Gasteiger partial charge in [0.2, 0.25) is 0 Å². The summed E-state index contributed by atoms with van der Waals surface area (Å²) in [4.78, 5) is 0. The average molecular weight is 274 g/mol. The first-order chi connectivity index (χ1) is 9.08. The van der Waals surface area contributed by atoms with Gasteiger partial charge in [-0.1, -0.05) is 53.1 Å². The fourth-order valence-electron chi connectivity index (χ4n) is 2.50. The van der Waals surface area contributed by atoms with Crippen LogP contribution in [0.2, 0.25) is 5.02 Å². The second-order valence-electron chi connectivity index (χ2n) is 5.10. The van der Waals surface area contributed by atoms with Crippen LogP contribution in [0.4, 0.5) is 0 Å². The quantitative estimate of drug-likeness (QED) is 0.867. The van der Waals surface area contributed by atoms with Gasteiger partial charge in [0.05, 0.1) is 0 Å². The first-order valence-electron chi connectivity index (χ1n) is 6.58. The molecule has 1 N–H and O–H groups in total. The molecular weight excluding hydrogens is 254 g/mol. The van der Waals surface area contributed by atoms with E-state index in [-0.39, 0.29) is 0 Å². The molecule has 0 amide bonds. The van der Waals surface area contributed by atoms with E-state index in [2.05, 4.69) is 43.4 Å². The zero-order valence-corrected chi connectivity index (χ0v) is 12.5. The Hall–Kier alpha value is -1.31. The van der Waals surface area contributed by atoms with E-state index in [1.54, 1.807) is 0 Å². The van der Waals surface area contributed by atoms with Crippen molar-refractivity contribution in [3.63, 3.8) is 0 Å². The fraction of sp³-hybridized carbons (Fsp3) is 0.294. The highest BCUT2D eigenvalue weighted by atomic mass is 35.5. The van der Waals surface area contributed by atoms with Gasteiger partial charge >= 0.3 is 0 Å². The van der Waals surface area contributed by atoms with Gasteiger partial charge in [-0.3, -0.25) is 0 Å². The Kier molecular flexibility index (Phi) is 4.62. The van der Waals surface area contributed by atoms with E-state index in [0.29, 0.717) is 6.04 Å². The van der Waals surface area contributed by atoms with Gasteiger partial charge in [-0.25, -0.2) is 0 Å². The molecule has 2 heteroatoms. The van der Waals surface area contributed by atoms with Gasteiger partial charge < -0.3 is 5.32 Å². The SMILES string of the molecule is CNC(Cc1cccc(Cl)c1)c1cc(C)cc(C)c1. The van der Waals surface area contributed by atoms with E-state index in [1.807, 2.05) is 25.2 Å². The van der Waals surface area contributed by atoms with E-state index in [1.165, 1.54) is 22.3 Å². The molecule has 0 saturated heterocycles. The highest BCUT2D eigenvalue weighted by Gasteiger charge is 2.11. The smallest absolute Gasteiger partial charge is 0.0408 e. The minimum absolute atomic E-state index is 0.317. The van der Waals surface area contributed by atoms with Crippen molar-refractivity contribution >= 4 is 11.6 Å². The zero-order chi connectivity index (χ0) is 13.8. The largest absolute Gasteiger partial charge is 0.313 e. The maximum absolute atomic E-state index is 6.05. The van der Waals surface area contributed by atoms with Gasteiger partial charge in [0, 0.05) is 11.1 Å². The molecule has 2 aromatic rings. The summed E-state index contributed by atoms with van der Waals surface area (Å²) >= 11 is 6.05. The summed E-state index contributed by atoms with van der Waals surface area (Å²) in [5.74, 6) is 0. The first-order valence-corrected chi connectivity index (χ1v) is 6.96. The van der Waals surface area contributed by atoms with Crippen molar-refractivity contribution in [1.29, 1.82) is 0 Å². The molecule has 1 nitrogen and oxygen atoms in total. The number of likely N-dealkylation sites (N-methyl/N-ethyl adjacent to an activating group) is 1. The van der Waals surface area contributed by atoms with Crippen LogP contribution in [0.3, 0.4) is 0 Å². The first kappa shape index (κ1) is 14.1. The summed E-state index contributed by atoms with van der Waals surface area (Å²) in [7, 11) is 2.01. The van der Waals surface area contributed by atoms with Gasteiger partial charge in [0.1, 0.15) is 0 Å². The Morgan fingerprint density at radius 1 is 1.05 bits per heavy atom. The molecule has 0 aromatic heterocycles. The summed E-state index contributed by atoms with van der Waals surface area (Å²) in [6.07, 6.45) is 0.944. The predicted molar refractivity (Wildman–Crippen MR) is 82.9 cm³/mol. The van der Waals surface area contributed by atoms with Crippen LogP contribution in [0.1, 0.15) is 28.3 Å². The number of nitrogens with one attached hydrogen (secondary N) is 1. The molecule has 0 saturated carbocycles. The molecule has 100 valence electrons. The zero-order valence-electron chi connectivity index (χ0n) is 11.7. The Morgan fingerprint density at radius 3 is 2.32 bits per heavy atom. The molecule has 2 aromatic carbocycles. The molecular formula is C17H20ClN. The van der Waals surface area contributed by atoms with Crippen LogP contribution in [0.5, 0.6) is 0 Å². The van der Waals surface area contributed by atoms with Gasteiger partial charge in [0.15, 0.2) is 0 Å². The van der Waals surface area contributed by atoms with Crippen LogP contribution < -0.4 is 5.32 Å². The number of hydrogen-bond donors (Lipinski definition) is 1. The second-order valence-corrected chi connectivity index (χ2v) is 5.53. The summed E-state index contributed by atoms with van der Waals surface area (Å²) in [5.41, 5.74) is 5.20. The molecule has 0 aliphatic heterocycles. The van der Waals surface area contributed by atoms with E-state index >= 15 is 0 Å². The van der Waals surface area contributed by atoms with E-state index in [0.717, 1.165) is 11.4 Å². The van der Waals surface area contributed by atoms with E-state index in [4.69, 9.17) is 11.6 Å². The molecule has 0 radical (unpaired) electrons. The molecule has 0 bridgehead atoms. The van der Waals surface area contributed by atoms with E-state index in [9.17, 15) is 0 Å². The van der Waals surface area contributed by atoms with Crippen LogP contribution in [0.25, 0.3) is 0 Å². The number of rotatable bonds is 4. The second kappa shape index (κ2) is 6.23. The minimum Gasteiger partial charge on any atom is -0.313 e. The van der Waals surface area contributed by atoms with Crippen LogP contribution in [0.15, 0.2) is 42.5 Å². The number of benzene rings is 2. The van der Waals surface area contributed by atoms with Crippen LogP contribution in [0, 0.1) is 13.8 Å². The summed E-state index contributed by atoms with van der Waals surface area (Å²) < 4.78 is 0. The van der Waals surface area contributed by atoms with Crippen molar-refractivity contribution in [2.24, 2.45) is 0 Å². The lowest BCUT2D eigenvalue weighted by atomic mass is 9.96. The maximum Gasteiger partial charge on any atom is 0.0408 e. The average Bonchev–Trinajstić information content (AvgIpc) is 2.34. The van der Waals surface area contributed by atoms with Crippen LogP contribution in [-0.2, 0) is 6.42 Å². The summed E-state index contributed by atoms with van der Waals surface area (Å²) in [6.45, 7) is 4.28. The Bertz CT molecular complexity index is 543. The molecule has 0 heterocycles. The molecule has 0 aliphatic rings. The van der Waals surface area contributed by atoms with Crippen molar-refractivity contribution in [3.8, 4) is 0 Å². The molecule has 2 rings (SSSR count).